The van der Waals surface area contributed by atoms with Crippen LogP contribution in [0.4, 0.5) is 17.3 Å². The van der Waals surface area contributed by atoms with Gasteiger partial charge in [-0.3, -0.25) is 0 Å². The summed E-state index contributed by atoms with van der Waals surface area (Å²) in [7, 11) is -8.00. The number of rotatable bonds is 15. The van der Waals surface area contributed by atoms with Gasteiger partial charge in [0, 0.05) is 81.7 Å². The maximum absolute atomic E-state index is 11.8. The third kappa shape index (κ3) is 14.7. The zero-order valence-electron chi connectivity index (χ0n) is 42.0. The number of H-pyrrole nitrogens is 1. The lowest BCUT2D eigenvalue weighted by Crippen LogP contribution is -2.28. The van der Waals surface area contributed by atoms with Gasteiger partial charge in [0.05, 0.1) is 18.9 Å². The Morgan fingerprint density at radius 3 is 1.93 bits per heavy atom. The number of nitrogen functional groups attached to an aromatic ring is 1. The van der Waals surface area contributed by atoms with Gasteiger partial charge in [-0.15, -0.1) is 10.2 Å². The largest absolute Gasteiger partial charge is 0.472 e. The molecule has 4 aromatic heterocycles. The number of aromatic amines is 1. The Morgan fingerprint density at radius 1 is 0.781 bits per heavy atom. The zero-order chi connectivity index (χ0) is 51.8. The highest BCUT2D eigenvalue weighted by molar-refractivity contribution is 9.10. The van der Waals surface area contributed by atoms with Crippen LogP contribution in [0, 0.1) is 0 Å². The number of ether oxygens (including phenoxy) is 5. The van der Waals surface area contributed by atoms with Crippen LogP contribution in [0.2, 0.25) is 25.7 Å². The quantitative estimate of drug-likeness (QED) is 0.0498. The Kier molecular flexibility index (Phi) is 17.7. The second kappa shape index (κ2) is 23.9. The molecule has 0 bridgehead atoms. The highest BCUT2D eigenvalue weighted by Crippen LogP contribution is 2.40. The first-order valence-corrected chi connectivity index (χ1v) is 32.9. The molecule has 19 nitrogen and oxygen atoms in total. The molecule has 2 atom stereocenters. The summed E-state index contributed by atoms with van der Waals surface area (Å²) in [5.41, 5.74) is 17.5. The van der Waals surface area contributed by atoms with E-state index < -0.39 is 27.7 Å². The van der Waals surface area contributed by atoms with Gasteiger partial charge >= 0.3 is 0 Å². The van der Waals surface area contributed by atoms with Gasteiger partial charge in [0.15, 0.2) is 0 Å². The second-order valence-electron chi connectivity index (χ2n) is 19.8. The van der Waals surface area contributed by atoms with Gasteiger partial charge in [-0.2, -0.15) is 9.97 Å². The van der Waals surface area contributed by atoms with Crippen molar-refractivity contribution in [3.8, 4) is 34.0 Å². The van der Waals surface area contributed by atoms with Crippen molar-refractivity contribution in [3.05, 3.63) is 87.9 Å². The molecular weight excluding hydrogens is 1060 g/mol. The predicted octanol–water partition coefficient (Wildman–Crippen LogP) is 8.19. The van der Waals surface area contributed by atoms with Crippen LogP contribution >= 0.6 is 15.9 Å². The normalized spacial score (nSPS) is 17.6. The van der Waals surface area contributed by atoms with E-state index in [1.165, 1.54) is 33.4 Å². The molecule has 0 amide bonds. The van der Waals surface area contributed by atoms with Crippen LogP contribution in [0.5, 0.6) is 11.8 Å². The summed E-state index contributed by atoms with van der Waals surface area (Å²) in [6.45, 7) is 10.3. The van der Waals surface area contributed by atoms with Gasteiger partial charge in [-0.1, -0.05) is 43.9 Å². The average molecular weight is 1120 g/mol. The van der Waals surface area contributed by atoms with E-state index in [4.69, 9.17) is 29.4 Å². The van der Waals surface area contributed by atoms with Crippen LogP contribution in [0.3, 0.4) is 0 Å². The number of benzene rings is 2. The van der Waals surface area contributed by atoms with E-state index in [9.17, 15) is 16.8 Å². The standard InChI is InChI=1S/C22H25N5O4S.C19H22N2O2.C9H18BrN3O3SSi/c1-32(28,29)22-25-21(26-27-22)24-20-17-6-2-4-14(17)7-8-18(20)15-9-10-23-19(12-15)31-16-5-3-11-30-13-16;20-19-16-5-1-3-13(16)6-7-17(19)14-8-9-21-18(11-14)23-15-4-2-10-22-12-15;1-17(14,15)9-11-8(10)12-13(9)7-16-5-6-18(2,3)4/h7-10,12,16H,2-6,11,13H2,1H3,(H2,24,25,26,27);6-9,11,15H,1-5,10,12,20H2;5-7H2,1-4H3. The molecule has 2 fully saturated rings. The second-order valence-corrected chi connectivity index (χ2v) is 30.0. The zero-order valence-corrected chi connectivity index (χ0v) is 46.2. The molecule has 73 heavy (non-hydrogen) atoms. The number of fused-ring (bicyclic) bond motifs is 2. The lowest BCUT2D eigenvalue weighted by molar-refractivity contribution is 0.00552. The van der Waals surface area contributed by atoms with Crippen LogP contribution in [0.25, 0.3) is 22.3 Å². The molecule has 10 rings (SSSR count). The van der Waals surface area contributed by atoms with Crippen molar-refractivity contribution in [2.75, 3.05) is 56.6 Å². The molecule has 4 N–H and O–H groups in total. The van der Waals surface area contributed by atoms with Gasteiger partial charge in [-0.05, 0) is 132 Å². The molecule has 0 radical (unpaired) electrons. The topological polar surface area (TPSA) is 251 Å². The molecule has 0 saturated carbocycles. The lowest BCUT2D eigenvalue weighted by atomic mass is 9.98. The number of anilines is 3. The Bertz CT molecular complexity index is 3080. The molecule has 6 aromatic rings. The number of hydrogen-bond acceptors (Lipinski definition) is 17. The number of sulfone groups is 2. The van der Waals surface area contributed by atoms with Crippen molar-refractivity contribution in [3.63, 3.8) is 0 Å². The van der Waals surface area contributed by atoms with Crippen LogP contribution in [0.15, 0.2) is 76.0 Å². The van der Waals surface area contributed by atoms with Crippen molar-refractivity contribution in [2.24, 2.45) is 0 Å². The maximum Gasteiger partial charge on any atom is 0.248 e. The number of pyridine rings is 2. The number of nitrogens with zero attached hydrogens (tertiary/aromatic N) is 7. The van der Waals surface area contributed by atoms with E-state index in [1.807, 2.05) is 24.3 Å². The molecule has 2 unspecified atom stereocenters. The third-order valence-electron chi connectivity index (χ3n) is 12.7. The number of nitrogens with one attached hydrogen (secondary N) is 2. The fraction of sp³-hybridized carbons (Fsp3) is 0.480. The lowest BCUT2D eigenvalue weighted by Gasteiger charge is -2.23. The van der Waals surface area contributed by atoms with Gasteiger partial charge in [-0.25, -0.2) is 36.6 Å². The van der Waals surface area contributed by atoms with Gasteiger partial charge < -0.3 is 34.7 Å². The smallest absolute Gasteiger partial charge is 0.248 e. The van der Waals surface area contributed by atoms with Gasteiger partial charge in [0.1, 0.15) is 18.9 Å². The number of halogens is 1. The predicted molar refractivity (Wildman–Crippen MR) is 284 cm³/mol. The number of nitrogens with two attached hydrogens (primary N) is 1. The first-order valence-electron chi connectivity index (χ1n) is 24.6. The maximum atomic E-state index is 11.8. The summed E-state index contributed by atoms with van der Waals surface area (Å²) in [4.78, 5) is 16.7. The highest BCUT2D eigenvalue weighted by Gasteiger charge is 2.24. The number of aryl methyl sites for hydroxylation is 2. The van der Waals surface area contributed by atoms with Crippen LogP contribution in [-0.2, 0) is 66.3 Å². The fourth-order valence-electron chi connectivity index (χ4n) is 9.00. The minimum atomic E-state index is -3.47. The Labute approximate surface area is 436 Å². The van der Waals surface area contributed by atoms with Crippen LogP contribution < -0.4 is 20.5 Å². The first-order chi connectivity index (χ1) is 34.9. The van der Waals surface area contributed by atoms with E-state index in [-0.39, 0.29) is 39.9 Å². The van der Waals surface area contributed by atoms with Crippen molar-refractivity contribution >= 4 is 61.0 Å². The van der Waals surface area contributed by atoms with E-state index >= 15 is 0 Å². The molecule has 6 heterocycles. The Balaban J connectivity index is 0.000000153. The molecule has 4 aliphatic rings. The average Bonchev–Trinajstić information content (AvgIpc) is 4.20. The summed E-state index contributed by atoms with van der Waals surface area (Å²) in [5.74, 6) is 1.43. The van der Waals surface area contributed by atoms with E-state index in [2.05, 4.69) is 100 Å². The summed E-state index contributed by atoms with van der Waals surface area (Å²) >= 11 is 3.06. The SMILES string of the molecule is CS(=O)(=O)c1nc(Nc2c(-c3ccnc(OC4CCCOC4)c3)ccc3c2CCC3)n[nH]1.C[Si](C)(C)CCOCn1nc(Br)nc1S(C)(=O)=O.Nc1c(-c2ccnc(OC3CCCOC3)c2)ccc2c1CCC2. The molecule has 23 heteroatoms. The van der Waals surface area contributed by atoms with Gasteiger partial charge in [0.2, 0.25) is 52.4 Å². The summed E-state index contributed by atoms with van der Waals surface area (Å²) in [5, 5.41) is 13.5. The molecule has 2 aromatic carbocycles. The van der Waals surface area contributed by atoms with E-state index in [0.29, 0.717) is 31.6 Å². The monoisotopic (exact) mass is 1120 g/mol. The molecule has 2 aliphatic carbocycles. The molecular formula is C50H65BrN10O9S2Si. The van der Waals surface area contributed by atoms with Crippen molar-refractivity contribution < 1.29 is 40.5 Å². The van der Waals surface area contributed by atoms with Crippen molar-refractivity contribution in [1.82, 2.24) is 39.9 Å². The third-order valence-corrected chi connectivity index (χ3v) is 16.6. The van der Waals surface area contributed by atoms with Crippen LogP contribution in [-0.4, -0.2) is 123 Å². The number of aromatic nitrogens is 8. The van der Waals surface area contributed by atoms with Crippen LogP contribution in [0.1, 0.15) is 60.8 Å². The summed E-state index contributed by atoms with van der Waals surface area (Å²) < 4.78 is 76.5. The summed E-state index contributed by atoms with van der Waals surface area (Å²) in [6.07, 6.45) is 16.3. The molecule has 0 spiro atoms. The van der Waals surface area contributed by atoms with E-state index in [1.54, 1.807) is 12.4 Å². The fourth-order valence-corrected chi connectivity index (χ4v) is 11.4. The number of hydrogen-bond donors (Lipinski definition) is 3. The Morgan fingerprint density at radius 2 is 1.37 bits per heavy atom. The highest BCUT2D eigenvalue weighted by atomic mass is 79.9. The van der Waals surface area contributed by atoms with Crippen molar-refractivity contribution in [2.45, 2.75) is 119 Å². The minimum absolute atomic E-state index is 0.00628. The minimum Gasteiger partial charge on any atom is -0.472 e. The molecule has 392 valence electrons. The summed E-state index contributed by atoms with van der Waals surface area (Å²) in [6, 6.07) is 17.4. The van der Waals surface area contributed by atoms with E-state index in [0.717, 1.165) is 123 Å². The van der Waals surface area contributed by atoms with Gasteiger partial charge in [0.25, 0.3) is 0 Å². The molecule has 2 aliphatic heterocycles. The Hall–Kier alpha value is -5.30. The van der Waals surface area contributed by atoms with Crippen molar-refractivity contribution in [1.29, 1.82) is 0 Å². The first kappa shape index (κ1) is 54.0. The molecule has 2 saturated heterocycles.